The van der Waals surface area contributed by atoms with Gasteiger partial charge in [0.15, 0.2) is 0 Å². The summed E-state index contributed by atoms with van der Waals surface area (Å²) in [6, 6.07) is 40.9. The molecule has 1 atom stereocenters. The Hall–Kier alpha value is -2.96. The number of rotatable bonds is 6. The van der Waals surface area contributed by atoms with E-state index in [4.69, 9.17) is 4.74 Å². The van der Waals surface area contributed by atoms with Crippen LogP contribution in [0.25, 0.3) is 0 Å². The number of alkyl halides is 2. The maximum atomic E-state index is 13.9. The molecule has 1 heterocycles. The van der Waals surface area contributed by atoms with Gasteiger partial charge in [-0.2, -0.15) is 0 Å². The molecule has 5 rings (SSSR count). The van der Waals surface area contributed by atoms with Crippen LogP contribution < -0.4 is 26.5 Å². The maximum Gasteiger partial charge on any atom is 0.318 e. The Morgan fingerprint density at radius 1 is 0.757 bits per heavy atom. The van der Waals surface area contributed by atoms with Crippen molar-refractivity contribution in [2.75, 3.05) is 23.0 Å². The van der Waals surface area contributed by atoms with Crippen molar-refractivity contribution in [2.24, 2.45) is 0 Å². The molecule has 1 fully saturated rings. The van der Waals surface area contributed by atoms with E-state index in [1.807, 2.05) is 72.8 Å². The normalized spacial score (nSPS) is 16.5. The molecule has 4 aromatic rings. The van der Waals surface area contributed by atoms with E-state index in [0.717, 1.165) is 30.6 Å². The summed E-state index contributed by atoms with van der Waals surface area (Å²) < 4.78 is 6.53. The summed E-state index contributed by atoms with van der Waals surface area (Å²) in [5, 5.41) is 2.34. The average Bonchev–Trinajstić information content (AvgIpc) is 2.96. The summed E-state index contributed by atoms with van der Waals surface area (Å²) >= 11 is 0.590. The molecule has 0 spiro atoms. The van der Waals surface area contributed by atoms with Crippen molar-refractivity contribution in [2.45, 2.75) is 23.9 Å². The summed E-state index contributed by atoms with van der Waals surface area (Å²) in [5.41, 5.74) is 3.86. The number of ether oxygens (including phenoxy) is 1. The van der Waals surface area contributed by atoms with Crippen LogP contribution in [0.5, 0.6) is 0 Å². The Kier molecular flexibility index (Phi) is 9.92. The van der Waals surface area contributed by atoms with Crippen molar-refractivity contribution in [1.29, 1.82) is 0 Å². The molecule has 4 heteroatoms. The molecular formula is C33H36INO2. The first-order valence-corrected chi connectivity index (χ1v) is 17.1. The van der Waals surface area contributed by atoms with E-state index in [9.17, 15) is 4.79 Å². The smallest absolute Gasteiger partial charge is 0.318 e. The van der Waals surface area contributed by atoms with E-state index in [-0.39, 0.29) is 12.1 Å². The zero-order valence-corrected chi connectivity index (χ0v) is 23.8. The second kappa shape index (κ2) is 13.5. The van der Waals surface area contributed by atoms with Crippen molar-refractivity contribution in [3.8, 4) is 0 Å². The number of carbonyl (C=O) groups excluding carboxylic acids is 1. The number of hydrogen-bond donors (Lipinski definition) is 1. The first-order valence-electron chi connectivity index (χ1n) is 12.8. The fraction of sp³-hybridized carbons (Fsp3) is 0.242. The van der Waals surface area contributed by atoms with Gasteiger partial charge in [-0.25, -0.2) is 0 Å². The molecule has 1 aliphatic heterocycles. The molecule has 0 aliphatic carbocycles. The largest absolute Gasteiger partial charge is 0.460 e. The van der Waals surface area contributed by atoms with E-state index >= 15 is 0 Å². The van der Waals surface area contributed by atoms with Crippen LogP contribution in [0.3, 0.4) is 0 Å². The zero-order chi connectivity index (χ0) is 25.9. The van der Waals surface area contributed by atoms with Crippen molar-refractivity contribution in [1.82, 2.24) is 0 Å². The van der Waals surface area contributed by atoms with Gasteiger partial charge >= 0.3 is 37.0 Å². The summed E-state index contributed by atoms with van der Waals surface area (Å²) in [4.78, 5) is 18.4. The van der Waals surface area contributed by atoms with Gasteiger partial charge in [-0.1, -0.05) is 121 Å². The topological polar surface area (TPSA) is 42.9 Å². The fourth-order valence-electron chi connectivity index (χ4n) is 5.35. The van der Waals surface area contributed by atoms with E-state index < -0.39 is 11.3 Å². The summed E-state index contributed by atoms with van der Waals surface area (Å²) in [7, 11) is 0. The molecule has 0 aromatic heterocycles. The minimum absolute atomic E-state index is 0.194. The van der Waals surface area contributed by atoms with Crippen molar-refractivity contribution < 1.29 is 36.1 Å². The fourth-order valence-corrected chi connectivity index (χ4v) is 5.35. The Morgan fingerprint density at radius 3 is 1.59 bits per heavy atom. The predicted molar refractivity (Wildman–Crippen MR) is 146 cm³/mol. The Labute approximate surface area is 231 Å². The number of esters is 1. The average molecular weight is 606 g/mol. The second-order valence-electron chi connectivity index (χ2n) is 9.33. The molecular weight excluding hydrogens is 569 g/mol. The third-order valence-corrected chi connectivity index (χ3v) is 6.99. The number of piperidine rings is 1. The van der Waals surface area contributed by atoms with Gasteiger partial charge in [-0.3, -0.25) is 4.79 Å². The van der Waals surface area contributed by atoms with Gasteiger partial charge in [-0.05, 0) is 22.3 Å². The quantitative estimate of drug-likeness (QED) is 0.208. The monoisotopic (exact) mass is 605 g/mol. The zero-order valence-electron chi connectivity index (χ0n) is 21.6. The molecule has 4 aromatic carbocycles. The molecule has 37 heavy (non-hydrogen) atoms. The minimum atomic E-state index is -0.461. The Bertz CT molecular complexity index is 1140. The van der Waals surface area contributed by atoms with Crippen LogP contribution in [0.4, 0.5) is 0 Å². The Balaban J connectivity index is 0.00000102. The first-order chi connectivity index (χ1) is 18.2. The number of hydrogen-bond acceptors (Lipinski definition) is 2. The van der Waals surface area contributed by atoms with Gasteiger partial charge in [0, 0.05) is 6.42 Å². The molecule has 0 radical (unpaired) electrons. The molecule has 0 bridgehead atoms. The summed E-state index contributed by atoms with van der Waals surface area (Å²) in [6.45, 7) is 1.76. The van der Waals surface area contributed by atoms with Gasteiger partial charge in [0.1, 0.15) is 17.4 Å². The number of carbonyl (C=O) groups is 1. The van der Waals surface area contributed by atoms with Gasteiger partial charge < -0.3 is 10.1 Å². The Morgan fingerprint density at radius 2 is 1.16 bits per heavy atom. The van der Waals surface area contributed by atoms with Gasteiger partial charge in [-0.15, -0.1) is 0 Å². The van der Waals surface area contributed by atoms with Crippen molar-refractivity contribution in [3.63, 3.8) is 0 Å². The van der Waals surface area contributed by atoms with Crippen LogP contribution >= 0.6 is 0 Å². The SMILES string of the molecule is C[I-]C.O=C(OC1CC[NH2+]CC1(c1ccccc1)c1ccccc1)C(c1ccccc1)c1ccccc1. The predicted octanol–water partition coefficient (Wildman–Crippen LogP) is 2.02. The number of quaternary nitrogens is 1. The van der Waals surface area contributed by atoms with Crippen molar-refractivity contribution >= 4 is 5.97 Å². The van der Waals surface area contributed by atoms with Crippen LogP contribution in [0, 0.1) is 0 Å². The van der Waals surface area contributed by atoms with Gasteiger partial charge in [0.25, 0.3) is 0 Å². The van der Waals surface area contributed by atoms with Crippen molar-refractivity contribution in [3.05, 3.63) is 144 Å². The molecule has 2 N–H and O–H groups in total. The number of nitrogens with two attached hydrogens (primary N) is 1. The third-order valence-electron chi connectivity index (χ3n) is 6.99. The van der Waals surface area contributed by atoms with Crippen LogP contribution in [0.15, 0.2) is 121 Å². The second-order valence-corrected chi connectivity index (χ2v) is 11.5. The van der Waals surface area contributed by atoms with Gasteiger partial charge in [0.2, 0.25) is 0 Å². The third kappa shape index (κ3) is 6.31. The molecule has 0 saturated carbocycles. The number of benzene rings is 4. The first kappa shape index (κ1) is 27.1. The summed E-state index contributed by atoms with van der Waals surface area (Å²) in [6.07, 6.45) is 0.538. The molecule has 192 valence electrons. The van der Waals surface area contributed by atoms with Crippen LogP contribution in [-0.2, 0) is 14.9 Å². The van der Waals surface area contributed by atoms with E-state index in [0.29, 0.717) is 21.2 Å². The van der Waals surface area contributed by atoms with E-state index in [1.165, 1.54) is 11.1 Å². The summed E-state index contributed by atoms with van der Waals surface area (Å²) in [5.74, 6) is -0.655. The minimum Gasteiger partial charge on any atom is -0.460 e. The van der Waals surface area contributed by atoms with Crippen LogP contribution in [-0.4, -0.2) is 35.0 Å². The van der Waals surface area contributed by atoms with E-state index in [2.05, 4.69) is 63.7 Å². The standard InChI is InChI=1S/C31H29NO2.C2H6I/c33-30(29(24-13-5-1-6-14-24)25-15-7-2-8-16-25)34-28-21-22-32-23-31(28,26-17-9-3-10-18-26)27-19-11-4-12-20-27;1-3-2/h1-20,28-29,32H,21-23H2;1-2H3/q;-1/p+1. The maximum absolute atomic E-state index is 13.9. The number of halogens is 1. The molecule has 1 aliphatic rings. The molecule has 3 nitrogen and oxygen atoms in total. The van der Waals surface area contributed by atoms with E-state index in [1.54, 1.807) is 0 Å². The van der Waals surface area contributed by atoms with Gasteiger partial charge in [0.05, 0.1) is 13.1 Å². The molecule has 0 amide bonds. The molecule has 1 unspecified atom stereocenters. The van der Waals surface area contributed by atoms with Crippen LogP contribution in [0.2, 0.25) is 0 Å². The molecule has 1 saturated heterocycles. The van der Waals surface area contributed by atoms with Crippen LogP contribution in [0.1, 0.15) is 34.6 Å².